The SMILES string of the molecule is Cn1cnc(S(=O)(=O)NC2CN(c3ccc4c(c3)[C@@H](Cc3ccccc3)[C@@H](N3CCC3)CC4)C2)c1. The Kier molecular flexibility index (Phi) is 5.90. The third-order valence-corrected chi connectivity index (χ3v) is 9.29. The number of imidazole rings is 1. The maximum Gasteiger partial charge on any atom is 0.259 e. The first-order valence-electron chi connectivity index (χ1n) is 12.6. The highest BCUT2D eigenvalue weighted by molar-refractivity contribution is 7.89. The summed E-state index contributed by atoms with van der Waals surface area (Å²) >= 11 is 0. The van der Waals surface area contributed by atoms with Crippen LogP contribution in [0.3, 0.4) is 0 Å². The third kappa shape index (κ3) is 4.50. The number of fused-ring (bicyclic) bond motifs is 1. The number of benzene rings is 2. The van der Waals surface area contributed by atoms with Crippen LogP contribution in [0.5, 0.6) is 0 Å². The number of likely N-dealkylation sites (tertiary alicyclic amines) is 1. The second-order valence-corrected chi connectivity index (χ2v) is 11.9. The lowest BCUT2D eigenvalue weighted by Crippen LogP contribution is -2.59. The molecule has 35 heavy (non-hydrogen) atoms. The average molecular weight is 492 g/mol. The molecule has 2 atom stereocenters. The Morgan fingerprint density at radius 2 is 1.89 bits per heavy atom. The van der Waals surface area contributed by atoms with Crippen molar-refractivity contribution in [3.8, 4) is 0 Å². The highest BCUT2D eigenvalue weighted by Gasteiger charge is 2.37. The molecular formula is C27H33N5O2S. The van der Waals surface area contributed by atoms with Gasteiger partial charge in [-0.15, -0.1) is 0 Å². The van der Waals surface area contributed by atoms with Gasteiger partial charge in [-0.3, -0.25) is 4.90 Å². The summed E-state index contributed by atoms with van der Waals surface area (Å²) in [4.78, 5) is 8.95. The maximum absolute atomic E-state index is 12.6. The van der Waals surface area contributed by atoms with E-state index in [1.165, 1.54) is 60.8 Å². The molecule has 1 aromatic heterocycles. The maximum atomic E-state index is 12.6. The molecule has 8 heteroatoms. The number of aryl methyl sites for hydroxylation is 2. The van der Waals surface area contributed by atoms with Crippen LogP contribution in [0, 0.1) is 0 Å². The summed E-state index contributed by atoms with van der Waals surface area (Å²) < 4.78 is 29.7. The number of aromatic nitrogens is 2. The molecule has 1 aliphatic carbocycles. The number of hydrogen-bond donors (Lipinski definition) is 1. The lowest BCUT2D eigenvalue weighted by molar-refractivity contribution is 0.0877. The molecule has 0 amide bonds. The third-order valence-electron chi connectivity index (χ3n) is 7.89. The van der Waals surface area contributed by atoms with Gasteiger partial charge in [-0.25, -0.2) is 18.1 Å². The Labute approximate surface area is 207 Å². The Bertz CT molecular complexity index is 1300. The second kappa shape index (κ2) is 9.08. The van der Waals surface area contributed by atoms with Crippen LogP contribution in [0.25, 0.3) is 0 Å². The van der Waals surface area contributed by atoms with Gasteiger partial charge in [0, 0.05) is 44.0 Å². The van der Waals surface area contributed by atoms with Crippen molar-refractivity contribution in [3.05, 3.63) is 77.7 Å². The molecule has 0 bridgehead atoms. The molecule has 7 nitrogen and oxygen atoms in total. The van der Waals surface area contributed by atoms with Crippen molar-refractivity contribution in [3.63, 3.8) is 0 Å². The summed E-state index contributed by atoms with van der Waals surface area (Å²) in [6.07, 6.45) is 7.77. The number of nitrogens with one attached hydrogen (secondary N) is 1. The lowest BCUT2D eigenvalue weighted by Gasteiger charge is -2.46. The zero-order chi connectivity index (χ0) is 24.0. The Morgan fingerprint density at radius 1 is 1.09 bits per heavy atom. The predicted molar refractivity (Wildman–Crippen MR) is 137 cm³/mol. The molecule has 2 aliphatic heterocycles. The minimum atomic E-state index is -3.59. The molecule has 0 radical (unpaired) electrons. The highest BCUT2D eigenvalue weighted by Crippen LogP contribution is 2.40. The van der Waals surface area contributed by atoms with Crippen LogP contribution < -0.4 is 9.62 Å². The molecule has 3 aromatic rings. The van der Waals surface area contributed by atoms with Crippen molar-refractivity contribution in [2.24, 2.45) is 7.05 Å². The van der Waals surface area contributed by atoms with Crippen LogP contribution >= 0.6 is 0 Å². The van der Waals surface area contributed by atoms with Crippen LogP contribution in [0.15, 0.2) is 66.1 Å². The first kappa shape index (κ1) is 22.8. The molecule has 2 aromatic carbocycles. The topological polar surface area (TPSA) is 70.5 Å². The van der Waals surface area contributed by atoms with Gasteiger partial charge < -0.3 is 9.47 Å². The molecular weight excluding hydrogens is 458 g/mol. The Morgan fingerprint density at radius 3 is 2.57 bits per heavy atom. The molecule has 0 unspecified atom stereocenters. The fourth-order valence-corrected chi connectivity index (χ4v) is 7.06. The summed E-state index contributed by atoms with van der Waals surface area (Å²) in [6, 6.07) is 18.3. The van der Waals surface area contributed by atoms with Gasteiger partial charge in [0.05, 0.1) is 12.4 Å². The zero-order valence-corrected chi connectivity index (χ0v) is 21.0. The minimum absolute atomic E-state index is 0.0769. The van der Waals surface area contributed by atoms with E-state index in [0.717, 1.165) is 12.8 Å². The molecule has 184 valence electrons. The Hall–Kier alpha value is -2.68. The van der Waals surface area contributed by atoms with Gasteiger partial charge >= 0.3 is 0 Å². The van der Waals surface area contributed by atoms with Crippen molar-refractivity contribution in [1.82, 2.24) is 19.2 Å². The summed E-state index contributed by atoms with van der Waals surface area (Å²) in [5.74, 6) is 0.487. The van der Waals surface area contributed by atoms with E-state index in [1.54, 1.807) is 11.6 Å². The molecule has 0 spiro atoms. The predicted octanol–water partition coefficient (Wildman–Crippen LogP) is 2.93. The van der Waals surface area contributed by atoms with Crippen LogP contribution in [0.4, 0.5) is 5.69 Å². The van der Waals surface area contributed by atoms with E-state index in [4.69, 9.17) is 0 Å². The molecule has 3 aliphatic rings. The number of nitrogens with zero attached hydrogens (tertiary/aromatic N) is 4. The van der Waals surface area contributed by atoms with E-state index in [1.807, 2.05) is 0 Å². The lowest BCUT2D eigenvalue weighted by atomic mass is 9.74. The highest BCUT2D eigenvalue weighted by atomic mass is 32.2. The van der Waals surface area contributed by atoms with Gasteiger partial charge in [0.1, 0.15) is 0 Å². The minimum Gasteiger partial charge on any atom is -0.368 e. The second-order valence-electron chi connectivity index (χ2n) is 10.3. The van der Waals surface area contributed by atoms with E-state index in [9.17, 15) is 8.42 Å². The van der Waals surface area contributed by atoms with Crippen molar-refractivity contribution in [1.29, 1.82) is 0 Å². The largest absolute Gasteiger partial charge is 0.368 e. The quantitative estimate of drug-likeness (QED) is 0.550. The molecule has 3 heterocycles. The molecule has 2 saturated heterocycles. The molecule has 2 fully saturated rings. The van der Waals surface area contributed by atoms with Crippen molar-refractivity contribution >= 4 is 15.7 Å². The van der Waals surface area contributed by atoms with Crippen LogP contribution in [0.1, 0.15) is 35.4 Å². The first-order valence-corrected chi connectivity index (χ1v) is 14.1. The first-order chi connectivity index (χ1) is 17.0. The van der Waals surface area contributed by atoms with Gasteiger partial charge in [0.2, 0.25) is 0 Å². The zero-order valence-electron chi connectivity index (χ0n) is 20.2. The van der Waals surface area contributed by atoms with E-state index < -0.39 is 10.0 Å². The summed E-state index contributed by atoms with van der Waals surface area (Å²) in [5.41, 5.74) is 5.54. The van der Waals surface area contributed by atoms with Gasteiger partial charge in [-0.05, 0) is 67.6 Å². The molecule has 6 rings (SSSR count). The average Bonchev–Trinajstić information content (AvgIpc) is 3.24. The van der Waals surface area contributed by atoms with E-state index in [0.29, 0.717) is 25.0 Å². The number of anilines is 1. The van der Waals surface area contributed by atoms with E-state index in [-0.39, 0.29) is 11.1 Å². The monoisotopic (exact) mass is 491 g/mol. The van der Waals surface area contributed by atoms with Crippen LogP contribution in [0.2, 0.25) is 0 Å². The van der Waals surface area contributed by atoms with Crippen LogP contribution in [-0.2, 0) is 29.9 Å². The smallest absolute Gasteiger partial charge is 0.259 e. The number of sulfonamides is 1. The summed E-state index contributed by atoms with van der Waals surface area (Å²) in [5, 5.41) is 0.0769. The van der Waals surface area contributed by atoms with Gasteiger partial charge in [0.25, 0.3) is 10.0 Å². The van der Waals surface area contributed by atoms with Crippen LogP contribution in [-0.4, -0.2) is 61.1 Å². The van der Waals surface area contributed by atoms with E-state index >= 15 is 0 Å². The summed E-state index contributed by atoms with van der Waals surface area (Å²) in [7, 11) is -1.82. The fourth-order valence-electron chi connectivity index (χ4n) is 5.86. The number of rotatable bonds is 7. The van der Waals surface area contributed by atoms with Gasteiger partial charge in [-0.1, -0.05) is 36.4 Å². The Balaban J connectivity index is 1.19. The fraction of sp³-hybridized carbons (Fsp3) is 0.444. The van der Waals surface area contributed by atoms with Crippen molar-refractivity contribution in [2.45, 2.75) is 48.7 Å². The molecule has 0 saturated carbocycles. The summed E-state index contributed by atoms with van der Waals surface area (Å²) in [6.45, 7) is 3.78. The van der Waals surface area contributed by atoms with Crippen molar-refractivity contribution < 1.29 is 8.42 Å². The van der Waals surface area contributed by atoms with Gasteiger partial charge in [-0.2, -0.15) is 0 Å². The van der Waals surface area contributed by atoms with Crippen molar-refractivity contribution in [2.75, 3.05) is 31.1 Å². The van der Waals surface area contributed by atoms with E-state index in [2.05, 4.69) is 68.0 Å². The standard InChI is InChI=1S/C27H33N5O2S/c1-30-18-27(28-19-30)35(33,34)29-22-16-32(17-22)23-10-8-21-9-11-26(31-12-5-13-31)25(24(21)15-23)14-20-6-3-2-4-7-20/h2-4,6-8,10,15,18-19,22,25-26,29H,5,9,11-14,16-17H2,1H3/t25-,26+/m1/s1. The normalized spacial score (nSPS) is 22.9. The molecule has 1 N–H and O–H groups in total. The van der Waals surface area contributed by atoms with Gasteiger partial charge in [0.15, 0.2) is 5.03 Å². The number of hydrogen-bond acceptors (Lipinski definition) is 5.